The molecule has 2 aromatic rings. The van der Waals surface area contributed by atoms with Gasteiger partial charge in [0.1, 0.15) is 13.7 Å². The van der Waals surface area contributed by atoms with Crippen molar-refractivity contribution in [1.29, 1.82) is 0 Å². The molecule has 0 atom stereocenters. The van der Waals surface area contributed by atoms with E-state index in [0.717, 1.165) is 0 Å². The molecule has 0 spiro atoms. The van der Waals surface area contributed by atoms with Crippen molar-refractivity contribution in [3.05, 3.63) is 45.3 Å². The van der Waals surface area contributed by atoms with Crippen LogP contribution in [0.3, 0.4) is 0 Å². The molecule has 2 rings (SSSR count). The molecular formula is C16H16F3N3O3S. The van der Waals surface area contributed by atoms with Gasteiger partial charge in [0.05, 0.1) is 4.88 Å². The van der Waals surface area contributed by atoms with E-state index in [-0.39, 0.29) is 18.2 Å². The molecule has 0 unspecified atom stereocenters. The van der Waals surface area contributed by atoms with Gasteiger partial charge in [-0.15, -0.1) is 11.3 Å². The number of alkyl halides is 3. The smallest absolute Gasteiger partial charge is 0.443 e. The molecule has 0 saturated carbocycles. The number of benzene rings is 1. The number of halogens is 3. The van der Waals surface area contributed by atoms with Crippen molar-refractivity contribution < 1.29 is 27.5 Å². The Balaban J connectivity index is 2.28. The molecule has 0 bridgehead atoms. The lowest BCUT2D eigenvalue weighted by Gasteiger charge is -2.11. The van der Waals surface area contributed by atoms with E-state index in [1.807, 2.05) is 0 Å². The van der Waals surface area contributed by atoms with Crippen LogP contribution in [0.25, 0.3) is 0 Å². The number of ether oxygens (including phenoxy) is 1. The van der Waals surface area contributed by atoms with E-state index in [0.29, 0.717) is 27.3 Å². The zero-order chi connectivity index (χ0) is 19.3. The number of hydrogen-bond acceptors (Lipinski definition) is 6. The summed E-state index contributed by atoms with van der Waals surface area (Å²) in [5, 5.41) is 5.21. The predicted octanol–water partition coefficient (Wildman–Crippen LogP) is 3.15. The fraction of sp³-hybridized carbons (Fsp3) is 0.312. The molecule has 0 aliphatic rings. The van der Waals surface area contributed by atoms with Crippen molar-refractivity contribution in [2.45, 2.75) is 19.7 Å². The minimum Gasteiger partial charge on any atom is -0.472 e. The Labute approximate surface area is 151 Å². The van der Waals surface area contributed by atoms with Gasteiger partial charge in [0.2, 0.25) is 10.9 Å². The summed E-state index contributed by atoms with van der Waals surface area (Å²) < 4.78 is 43.7. The van der Waals surface area contributed by atoms with Crippen LogP contribution in [0, 0.1) is 6.92 Å². The zero-order valence-electron chi connectivity index (χ0n) is 14.2. The third-order valence-electron chi connectivity index (χ3n) is 3.26. The average molecular weight is 387 g/mol. The highest BCUT2D eigenvalue weighted by Crippen LogP contribution is 2.36. The fourth-order valence-corrected chi connectivity index (χ4v) is 2.81. The summed E-state index contributed by atoms with van der Waals surface area (Å²) in [6.45, 7) is 1.41. The number of rotatable bonds is 6. The number of amides is 1. The maximum absolute atomic E-state index is 12.7. The van der Waals surface area contributed by atoms with E-state index in [2.05, 4.69) is 15.5 Å². The fourth-order valence-electron chi connectivity index (χ4n) is 2.08. The van der Waals surface area contributed by atoms with Gasteiger partial charge in [-0.05, 0) is 12.5 Å². The molecule has 1 heterocycles. The molecule has 0 radical (unpaired) electrons. The summed E-state index contributed by atoms with van der Waals surface area (Å²) in [7, 11) is 2.75. The van der Waals surface area contributed by atoms with E-state index in [4.69, 9.17) is 9.57 Å². The Hall–Kier alpha value is -2.62. The summed E-state index contributed by atoms with van der Waals surface area (Å²) in [6, 6.07) is 6.73. The Kier molecular flexibility index (Phi) is 6.19. The van der Waals surface area contributed by atoms with E-state index in [9.17, 15) is 18.0 Å². The van der Waals surface area contributed by atoms with Gasteiger partial charge in [0.25, 0.3) is 5.91 Å². The molecule has 0 fully saturated rings. The summed E-state index contributed by atoms with van der Waals surface area (Å²) >= 11 is 0.515. The van der Waals surface area contributed by atoms with Gasteiger partial charge >= 0.3 is 6.18 Å². The monoisotopic (exact) mass is 387 g/mol. The molecule has 10 heteroatoms. The normalized spacial score (nSPS) is 12.0. The number of aromatic nitrogens is 1. The van der Waals surface area contributed by atoms with Crippen molar-refractivity contribution >= 4 is 23.0 Å². The second kappa shape index (κ2) is 8.17. The van der Waals surface area contributed by atoms with Gasteiger partial charge in [0, 0.05) is 12.6 Å². The van der Waals surface area contributed by atoms with Gasteiger partial charge < -0.3 is 14.9 Å². The summed E-state index contributed by atoms with van der Waals surface area (Å²) in [6.07, 6.45) is -4.52. The van der Waals surface area contributed by atoms with Crippen molar-refractivity contribution in [2.24, 2.45) is 5.16 Å². The molecule has 1 aromatic heterocycles. The van der Waals surface area contributed by atoms with Crippen LogP contribution in [0.4, 0.5) is 13.2 Å². The minimum absolute atomic E-state index is 0.0279. The van der Waals surface area contributed by atoms with Gasteiger partial charge in [-0.3, -0.25) is 4.79 Å². The second-order valence-electron chi connectivity index (χ2n) is 5.03. The Morgan fingerprint density at radius 3 is 2.62 bits per heavy atom. The van der Waals surface area contributed by atoms with Crippen LogP contribution < -0.4 is 10.1 Å². The minimum atomic E-state index is -4.52. The van der Waals surface area contributed by atoms with Gasteiger partial charge in [-0.2, -0.15) is 18.2 Å². The summed E-state index contributed by atoms with van der Waals surface area (Å²) in [5.41, 5.74) is 1.02. The van der Waals surface area contributed by atoms with Crippen LogP contribution in [0.1, 0.15) is 21.0 Å². The predicted molar refractivity (Wildman–Crippen MR) is 90.2 cm³/mol. The molecule has 6 nitrogen and oxygen atoms in total. The van der Waals surface area contributed by atoms with Crippen LogP contribution >= 0.6 is 11.3 Å². The maximum Gasteiger partial charge on any atom is 0.443 e. The van der Waals surface area contributed by atoms with E-state index in [1.165, 1.54) is 21.1 Å². The van der Waals surface area contributed by atoms with Crippen LogP contribution in [0.2, 0.25) is 0 Å². The van der Waals surface area contributed by atoms with Crippen molar-refractivity contribution in [3.8, 4) is 5.88 Å². The molecule has 0 saturated heterocycles. The molecule has 26 heavy (non-hydrogen) atoms. The van der Waals surface area contributed by atoms with Crippen LogP contribution in [0.5, 0.6) is 5.88 Å². The van der Waals surface area contributed by atoms with Crippen molar-refractivity contribution in [2.75, 3.05) is 14.2 Å². The van der Waals surface area contributed by atoms with Gasteiger partial charge in [-0.25, -0.2) is 0 Å². The Bertz CT molecular complexity index is 819. The number of carbonyl (C=O) groups is 1. The first-order valence-corrected chi connectivity index (χ1v) is 8.18. The largest absolute Gasteiger partial charge is 0.472 e. The first kappa shape index (κ1) is 19.7. The Morgan fingerprint density at radius 1 is 1.35 bits per heavy atom. The van der Waals surface area contributed by atoms with E-state index >= 15 is 0 Å². The third kappa shape index (κ3) is 4.51. The average Bonchev–Trinajstić information content (AvgIpc) is 2.99. The topological polar surface area (TPSA) is 72.8 Å². The highest BCUT2D eigenvalue weighted by atomic mass is 32.1. The third-order valence-corrected chi connectivity index (χ3v) is 4.26. The van der Waals surface area contributed by atoms with Crippen molar-refractivity contribution in [3.63, 3.8) is 0 Å². The number of nitrogens with one attached hydrogen (secondary N) is 1. The van der Waals surface area contributed by atoms with Gasteiger partial charge in [-0.1, -0.05) is 29.4 Å². The number of nitrogens with zero attached hydrogens (tertiary/aromatic N) is 2. The quantitative estimate of drug-likeness (QED) is 0.611. The lowest BCUT2D eigenvalue weighted by Crippen LogP contribution is -2.29. The molecule has 0 aliphatic carbocycles. The molecule has 0 aliphatic heterocycles. The number of thiazole rings is 1. The lowest BCUT2D eigenvalue weighted by molar-refractivity contribution is -0.137. The van der Waals surface area contributed by atoms with Crippen LogP contribution in [-0.4, -0.2) is 30.8 Å². The Morgan fingerprint density at radius 2 is 2.04 bits per heavy atom. The van der Waals surface area contributed by atoms with E-state index in [1.54, 1.807) is 24.3 Å². The molecule has 1 N–H and O–H groups in total. The highest BCUT2D eigenvalue weighted by molar-refractivity contribution is 7.11. The standard InChI is InChI=1S/C16H16F3N3O3S/c1-9-14(21-15(26-9)16(17,18)19)25-8-10-6-4-5-7-11(10)12(22-24-3)13(23)20-2/h4-7H,8H2,1-3H3,(H,20,23)/b22-12+. The highest BCUT2D eigenvalue weighted by Gasteiger charge is 2.36. The molecular weight excluding hydrogens is 371 g/mol. The summed E-state index contributed by atoms with van der Waals surface area (Å²) in [4.78, 5) is 20.5. The van der Waals surface area contributed by atoms with Crippen LogP contribution in [-0.2, 0) is 22.4 Å². The number of aryl methyl sites for hydroxylation is 1. The second-order valence-corrected chi connectivity index (χ2v) is 6.23. The van der Waals surface area contributed by atoms with Crippen LogP contribution in [0.15, 0.2) is 29.4 Å². The number of likely N-dealkylation sites (N-methyl/N-ethyl adjacent to an activating group) is 1. The zero-order valence-corrected chi connectivity index (χ0v) is 15.0. The number of oxime groups is 1. The first-order valence-electron chi connectivity index (χ1n) is 7.36. The number of hydrogen-bond donors (Lipinski definition) is 1. The maximum atomic E-state index is 12.7. The molecule has 1 amide bonds. The van der Waals surface area contributed by atoms with E-state index < -0.39 is 17.1 Å². The first-order chi connectivity index (χ1) is 12.3. The number of carbonyl (C=O) groups excluding carboxylic acids is 1. The summed E-state index contributed by atoms with van der Waals surface area (Å²) in [5.74, 6) is -0.564. The van der Waals surface area contributed by atoms with Gasteiger partial charge in [0.15, 0.2) is 5.71 Å². The lowest BCUT2D eigenvalue weighted by atomic mass is 10.0. The molecule has 1 aromatic carbocycles. The van der Waals surface area contributed by atoms with Crippen molar-refractivity contribution in [1.82, 2.24) is 10.3 Å². The molecule has 140 valence electrons. The SMILES string of the molecule is CNC(=O)/C(=N/OC)c1ccccc1COc1nc(C(F)(F)F)sc1C.